The first kappa shape index (κ1) is 11.0. The van der Waals surface area contributed by atoms with Gasteiger partial charge in [-0.25, -0.2) is 4.79 Å². The molecule has 0 aromatic heterocycles. The van der Waals surface area contributed by atoms with Crippen LogP contribution in [-0.2, 0) is 9.63 Å². The van der Waals surface area contributed by atoms with Crippen molar-refractivity contribution in [1.82, 2.24) is 5.48 Å². The maximum atomic E-state index is 11.3. The minimum Gasteiger partial charge on any atom is -0.321 e. The molecule has 15 heavy (non-hydrogen) atoms. The third-order valence-electron chi connectivity index (χ3n) is 1.70. The summed E-state index contributed by atoms with van der Waals surface area (Å²) in [6.07, 6.45) is -0.642. The number of carbonyl (C=O) groups is 2. The molecule has 0 radical (unpaired) electrons. The predicted octanol–water partition coefficient (Wildman–Crippen LogP) is 1.31. The molecule has 5 nitrogen and oxygen atoms in total. The van der Waals surface area contributed by atoms with E-state index in [4.69, 9.17) is 0 Å². The number of amides is 2. The number of para-hydroxylation sites is 1. The maximum Gasteiger partial charge on any atom is 0.438 e. The number of rotatable bonds is 1. The molecule has 2 amide bonds. The second kappa shape index (κ2) is 4.99. The minimum atomic E-state index is -0.642. The van der Waals surface area contributed by atoms with Gasteiger partial charge in [-0.2, -0.15) is 5.48 Å². The van der Waals surface area contributed by atoms with E-state index in [2.05, 4.69) is 4.84 Å². The topological polar surface area (TPSA) is 58.6 Å². The molecule has 0 aliphatic rings. The average Bonchev–Trinajstić information content (AvgIpc) is 2.26. The van der Waals surface area contributed by atoms with Gasteiger partial charge >= 0.3 is 6.09 Å². The summed E-state index contributed by atoms with van der Waals surface area (Å²) in [7, 11) is 1.56. The van der Waals surface area contributed by atoms with E-state index < -0.39 is 12.0 Å². The zero-order valence-electron chi connectivity index (χ0n) is 8.56. The maximum absolute atomic E-state index is 11.3. The second-order valence-corrected chi connectivity index (χ2v) is 2.92. The Kier molecular flexibility index (Phi) is 3.68. The van der Waals surface area contributed by atoms with Crippen molar-refractivity contribution >= 4 is 17.7 Å². The molecule has 0 heterocycles. The summed E-state index contributed by atoms with van der Waals surface area (Å²) in [6.45, 7) is 1.26. The molecular formula is C10H12N2O3. The molecule has 0 saturated heterocycles. The molecule has 1 aromatic rings. The number of nitrogens with zero attached hydrogens (tertiary/aromatic N) is 1. The molecule has 0 unspecified atom stereocenters. The largest absolute Gasteiger partial charge is 0.438 e. The highest BCUT2D eigenvalue weighted by Crippen LogP contribution is 2.11. The number of hydrogen-bond acceptors (Lipinski definition) is 3. The normalized spacial score (nSPS) is 9.20. The van der Waals surface area contributed by atoms with Gasteiger partial charge in [-0.1, -0.05) is 18.2 Å². The lowest BCUT2D eigenvalue weighted by atomic mass is 10.3. The standard InChI is InChI=1S/C10H12N2O3/c1-8(13)11-15-10(14)12(2)9-6-4-3-5-7-9/h3-7H,1-2H3,(H,11,13). The van der Waals surface area contributed by atoms with Crippen LogP contribution < -0.4 is 10.4 Å². The molecule has 1 N–H and O–H groups in total. The van der Waals surface area contributed by atoms with Crippen molar-refractivity contribution < 1.29 is 14.4 Å². The Morgan fingerprint density at radius 3 is 2.40 bits per heavy atom. The van der Waals surface area contributed by atoms with Crippen LogP contribution in [0.4, 0.5) is 10.5 Å². The zero-order chi connectivity index (χ0) is 11.3. The fourth-order valence-electron chi connectivity index (χ4n) is 0.941. The molecule has 0 atom stereocenters. The van der Waals surface area contributed by atoms with Gasteiger partial charge in [-0.15, -0.1) is 0 Å². The third-order valence-corrected chi connectivity index (χ3v) is 1.70. The third kappa shape index (κ3) is 3.30. The number of carbonyl (C=O) groups excluding carboxylic acids is 2. The van der Waals surface area contributed by atoms with Crippen molar-refractivity contribution in [2.45, 2.75) is 6.92 Å². The van der Waals surface area contributed by atoms with Crippen molar-refractivity contribution in [2.75, 3.05) is 11.9 Å². The van der Waals surface area contributed by atoms with E-state index in [1.165, 1.54) is 11.8 Å². The monoisotopic (exact) mass is 208 g/mol. The van der Waals surface area contributed by atoms with Gasteiger partial charge in [0, 0.05) is 19.7 Å². The number of anilines is 1. The Bertz CT molecular complexity index is 351. The summed E-state index contributed by atoms with van der Waals surface area (Å²) >= 11 is 0. The SMILES string of the molecule is CC(=O)NOC(=O)N(C)c1ccccc1. The quantitative estimate of drug-likeness (QED) is 0.708. The fraction of sp³-hybridized carbons (Fsp3) is 0.200. The summed E-state index contributed by atoms with van der Waals surface area (Å²) < 4.78 is 0. The first-order valence-electron chi connectivity index (χ1n) is 4.37. The van der Waals surface area contributed by atoms with Crippen molar-refractivity contribution in [2.24, 2.45) is 0 Å². The highest BCUT2D eigenvalue weighted by atomic mass is 16.7. The number of nitrogens with one attached hydrogen (secondary N) is 1. The number of benzene rings is 1. The Morgan fingerprint density at radius 1 is 1.27 bits per heavy atom. The lowest BCUT2D eigenvalue weighted by Crippen LogP contribution is -2.34. The molecule has 1 rings (SSSR count). The van der Waals surface area contributed by atoms with Crippen molar-refractivity contribution in [3.05, 3.63) is 30.3 Å². The second-order valence-electron chi connectivity index (χ2n) is 2.92. The highest BCUT2D eigenvalue weighted by Gasteiger charge is 2.12. The molecule has 0 aliphatic carbocycles. The van der Waals surface area contributed by atoms with Crippen LogP contribution in [-0.4, -0.2) is 19.0 Å². The molecular weight excluding hydrogens is 196 g/mol. The van der Waals surface area contributed by atoms with Crippen LogP contribution in [0.15, 0.2) is 30.3 Å². The lowest BCUT2D eigenvalue weighted by Gasteiger charge is -2.15. The van der Waals surface area contributed by atoms with Gasteiger partial charge < -0.3 is 4.84 Å². The molecule has 0 saturated carbocycles. The van der Waals surface area contributed by atoms with Gasteiger partial charge in [-0.3, -0.25) is 9.69 Å². The van der Waals surface area contributed by atoms with Crippen molar-refractivity contribution in [3.8, 4) is 0 Å². The van der Waals surface area contributed by atoms with Gasteiger partial charge in [-0.05, 0) is 12.1 Å². The van der Waals surface area contributed by atoms with E-state index in [1.54, 1.807) is 31.3 Å². The van der Waals surface area contributed by atoms with Crippen molar-refractivity contribution in [1.29, 1.82) is 0 Å². The molecule has 5 heteroatoms. The Morgan fingerprint density at radius 2 is 1.87 bits per heavy atom. The molecule has 80 valence electrons. The molecule has 0 bridgehead atoms. The summed E-state index contributed by atoms with van der Waals surface area (Å²) in [5.74, 6) is -0.426. The van der Waals surface area contributed by atoms with E-state index in [0.29, 0.717) is 5.69 Å². The van der Waals surface area contributed by atoms with E-state index >= 15 is 0 Å². The van der Waals surface area contributed by atoms with E-state index in [-0.39, 0.29) is 0 Å². The van der Waals surface area contributed by atoms with Gasteiger partial charge in [0.1, 0.15) is 0 Å². The van der Waals surface area contributed by atoms with Crippen LogP contribution in [0.1, 0.15) is 6.92 Å². The van der Waals surface area contributed by atoms with Crippen LogP contribution in [0, 0.1) is 0 Å². The van der Waals surface area contributed by atoms with Gasteiger partial charge in [0.2, 0.25) is 5.91 Å². The lowest BCUT2D eigenvalue weighted by molar-refractivity contribution is -0.127. The van der Waals surface area contributed by atoms with E-state index in [1.807, 2.05) is 11.5 Å². The summed E-state index contributed by atoms with van der Waals surface area (Å²) in [4.78, 5) is 27.6. The minimum absolute atomic E-state index is 0.426. The number of hydrogen-bond donors (Lipinski definition) is 1. The first-order valence-corrected chi connectivity index (χ1v) is 4.37. The molecule has 0 fully saturated rings. The molecule has 0 aliphatic heterocycles. The van der Waals surface area contributed by atoms with Crippen LogP contribution in [0.3, 0.4) is 0 Å². The van der Waals surface area contributed by atoms with E-state index in [0.717, 1.165) is 0 Å². The Labute approximate surface area is 87.6 Å². The van der Waals surface area contributed by atoms with Crippen LogP contribution >= 0.6 is 0 Å². The van der Waals surface area contributed by atoms with Gasteiger partial charge in [0.25, 0.3) is 0 Å². The summed E-state index contributed by atoms with van der Waals surface area (Å²) in [5, 5.41) is 0. The van der Waals surface area contributed by atoms with Gasteiger partial charge in [0.15, 0.2) is 0 Å². The van der Waals surface area contributed by atoms with Crippen LogP contribution in [0.2, 0.25) is 0 Å². The highest BCUT2D eigenvalue weighted by molar-refractivity contribution is 5.87. The average molecular weight is 208 g/mol. The van der Waals surface area contributed by atoms with Crippen molar-refractivity contribution in [3.63, 3.8) is 0 Å². The zero-order valence-corrected chi connectivity index (χ0v) is 8.56. The summed E-state index contributed by atoms with van der Waals surface area (Å²) in [5.41, 5.74) is 2.65. The predicted molar refractivity (Wildman–Crippen MR) is 55.1 cm³/mol. The smallest absolute Gasteiger partial charge is 0.321 e. The Hall–Kier alpha value is -2.04. The first-order chi connectivity index (χ1) is 7.11. The van der Waals surface area contributed by atoms with Crippen LogP contribution in [0.5, 0.6) is 0 Å². The summed E-state index contributed by atoms with van der Waals surface area (Å²) in [6, 6.07) is 8.97. The fourth-order valence-corrected chi connectivity index (χ4v) is 0.941. The Balaban J connectivity index is 2.57. The van der Waals surface area contributed by atoms with Crippen LogP contribution in [0.25, 0.3) is 0 Å². The molecule has 1 aromatic carbocycles. The van der Waals surface area contributed by atoms with Gasteiger partial charge in [0.05, 0.1) is 0 Å². The number of hydroxylamine groups is 1. The van der Waals surface area contributed by atoms with E-state index in [9.17, 15) is 9.59 Å². The molecule has 0 spiro atoms.